The van der Waals surface area contributed by atoms with E-state index in [1.54, 1.807) is 19.2 Å². The fourth-order valence-electron chi connectivity index (χ4n) is 3.44. The first-order valence-corrected chi connectivity index (χ1v) is 10.2. The van der Waals surface area contributed by atoms with Gasteiger partial charge in [-0.2, -0.15) is 0 Å². The zero-order valence-corrected chi connectivity index (χ0v) is 18.2. The molecule has 3 rings (SSSR count). The maximum absolute atomic E-state index is 13.3. The minimum Gasteiger partial charge on any atom is -0.383 e. The number of methoxy groups -OCH3 is 1. The molecule has 0 fully saturated rings. The highest BCUT2D eigenvalue weighted by atomic mass is 32.1. The zero-order valence-electron chi connectivity index (χ0n) is 17.4. The predicted octanol–water partition coefficient (Wildman–Crippen LogP) is 3.81. The van der Waals surface area contributed by atoms with Crippen LogP contribution in [0, 0.1) is 19.7 Å². The first-order chi connectivity index (χ1) is 14.4. The van der Waals surface area contributed by atoms with Crippen molar-refractivity contribution in [1.29, 1.82) is 0 Å². The quantitative estimate of drug-likeness (QED) is 0.444. The Kier molecular flexibility index (Phi) is 7.18. The van der Waals surface area contributed by atoms with Crippen molar-refractivity contribution < 1.29 is 9.13 Å². The number of hydrogen-bond acceptors (Lipinski definition) is 3. The second kappa shape index (κ2) is 9.82. The summed E-state index contributed by atoms with van der Waals surface area (Å²) in [6, 6.07) is 12.3. The third-order valence-corrected chi connectivity index (χ3v) is 5.29. The SMILES string of the molecule is COCCNC(=S)N(Cc1ccc(F)cc1)Cc1cc2cc(C)cc(C)c2[nH]c1=O. The predicted molar refractivity (Wildman–Crippen MR) is 122 cm³/mol. The summed E-state index contributed by atoms with van der Waals surface area (Å²) in [7, 11) is 1.62. The van der Waals surface area contributed by atoms with E-state index in [-0.39, 0.29) is 11.4 Å². The number of aromatic nitrogens is 1. The van der Waals surface area contributed by atoms with Crippen molar-refractivity contribution in [3.05, 3.63) is 80.9 Å². The number of nitrogens with zero attached hydrogens (tertiary/aromatic N) is 1. The lowest BCUT2D eigenvalue weighted by atomic mass is 10.1. The first-order valence-electron chi connectivity index (χ1n) is 9.76. The van der Waals surface area contributed by atoms with Crippen LogP contribution < -0.4 is 10.9 Å². The summed E-state index contributed by atoms with van der Waals surface area (Å²) < 4.78 is 18.4. The number of fused-ring (bicyclic) bond motifs is 1. The van der Waals surface area contributed by atoms with Crippen molar-refractivity contribution in [2.24, 2.45) is 0 Å². The summed E-state index contributed by atoms with van der Waals surface area (Å²) in [5.41, 5.74) is 4.40. The summed E-state index contributed by atoms with van der Waals surface area (Å²) in [5.74, 6) is -0.289. The molecule has 7 heteroatoms. The maximum Gasteiger partial charge on any atom is 0.253 e. The van der Waals surface area contributed by atoms with E-state index in [2.05, 4.69) is 16.4 Å². The molecule has 0 amide bonds. The molecule has 0 radical (unpaired) electrons. The van der Waals surface area contributed by atoms with E-state index >= 15 is 0 Å². The third-order valence-electron chi connectivity index (χ3n) is 4.89. The Morgan fingerprint density at radius 3 is 2.60 bits per heavy atom. The largest absolute Gasteiger partial charge is 0.383 e. The van der Waals surface area contributed by atoms with E-state index in [1.165, 1.54) is 12.1 Å². The van der Waals surface area contributed by atoms with Gasteiger partial charge < -0.3 is 19.9 Å². The van der Waals surface area contributed by atoms with Gasteiger partial charge in [-0.25, -0.2) is 4.39 Å². The highest BCUT2D eigenvalue weighted by Gasteiger charge is 2.15. The number of H-pyrrole nitrogens is 1. The fraction of sp³-hybridized carbons (Fsp3) is 0.304. The van der Waals surface area contributed by atoms with Crippen molar-refractivity contribution in [1.82, 2.24) is 15.2 Å². The van der Waals surface area contributed by atoms with Gasteiger partial charge in [0.05, 0.1) is 18.7 Å². The number of aryl methyl sites for hydroxylation is 2. The van der Waals surface area contributed by atoms with E-state index in [4.69, 9.17) is 17.0 Å². The lowest BCUT2D eigenvalue weighted by Gasteiger charge is -2.26. The average molecular weight is 428 g/mol. The molecule has 0 atom stereocenters. The van der Waals surface area contributed by atoms with Gasteiger partial charge in [-0.05, 0) is 66.8 Å². The number of thiocarbonyl (C=S) groups is 1. The number of hydrogen-bond donors (Lipinski definition) is 2. The van der Waals surface area contributed by atoms with Crippen LogP contribution in [-0.2, 0) is 17.8 Å². The second-order valence-electron chi connectivity index (χ2n) is 7.38. The van der Waals surface area contributed by atoms with Gasteiger partial charge in [-0.3, -0.25) is 4.79 Å². The van der Waals surface area contributed by atoms with Crippen LogP contribution in [0.3, 0.4) is 0 Å². The molecule has 0 aliphatic carbocycles. The number of halogens is 1. The van der Waals surface area contributed by atoms with Crippen LogP contribution in [0.4, 0.5) is 4.39 Å². The third kappa shape index (κ3) is 5.43. The summed E-state index contributed by atoms with van der Waals surface area (Å²) in [4.78, 5) is 17.7. The van der Waals surface area contributed by atoms with E-state index in [0.29, 0.717) is 36.9 Å². The zero-order chi connectivity index (χ0) is 21.7. The summed E-state index contributed by atoms with van der Waals surface area (Å²) >= 11 is 5.57. The molecule has 0 bridgehead atoms. The molecular formula is C23H26FN3O2S. The molecule has 0 spiro atoms. The second-order valence-corrected chi connectivity index (χ2v) is 7.76. The van der Waals surface area contributed by atoms with Gasteiger partial charge in [0.2, 0.25) is 0 Å². The number of rotatable bonds is 7. The molecule has 1 heterocycles. The Balaban J connectivity index is 1.91. The van der Waals surface area contributed by atoms with Crippen LogP contribution in [0.5, 0.6) is 0 Å². The van der Waals surface area contributed by atoms with Crippen LogP contribution in [0.25, 0.3) is 10.9 Å². The van der Waals surface area contributed by atoms with Gasteiger partial charge in [0.25, 0.3) is 5.56 Å². The number of aromatic amines is 1. The Labute approximate surface area is 180 Å². The summed E-state index contributed by atoms with van der Waals surface area (Å²) in [6.45, 7) is 5.87. The Hall–Kier alpha value is -2.77. The molecule has 30 heavy (non-hydrogen) atoms. The highest BCUT2D eigenvalue weighted by Crippen LogP contribution is 2.19. The fourth-order valence-corrected chi connectivity index (χ4v) is 3.67. The van der Waals surface area contributed by atoms with Crippen molar-refractivity contribution in [3.63, 3.8) is 0 Å². The lowest BCUT2D eigenvalue weighted by molar-refractivity contribution is 0.202. The van der Waals surface area contributed by atoms with Gasteiger partial charge in [-0.1, -0.05) is 23.8 Å². The number of benzene rings is 2. The molecule has 0 aliphatic heterocycles. The molecule has 0 saturated carbocycles. The monoisotopic (exact) mass is 427 g/mol. The van der Waals surface area contributed by atoms with Gasteiger partial charge in [-0.15, -0.1) is 0 Å². The Morgan fingerprint density at radius 2 is 1.90 bits per heavy atom. The molecular weight excluding hydrogens is 401 g/mol. The summed E-state index contributed by atoms with van der Waals surface area (Å²) in [6.07, 6.45) is 0. The molecule has 2 N–H and O–H groups in total. The van der Waals surface area contributed by atoms with Crippen LogP contribution in [0.15, 0.2) is 47.3 Å². The Morgan fingerprint density at radius 1 is 1.17 bits per heavy atom. The van der Waals surface area contributed by atoms with E-state index in [1.807, 2.05) is 30.9 Å². The minimum atomic E-state index is -0.289. The van der Waals surface area contributed by atoms with Gasteiger partial charge in [0.1, 0.15) is 5.82 Å². The maximum atomic E-state index is 13.3. The Bertz CT molecular complexity index is 1100. The van der Waals surface area contributed by atoms with E-state index in [9.17, 15) is 9.18 Å². The number of ether oxygens (including phenoxy) is 1. The van der Waals surface area contributed by atoms with Gasteiger partial charge in [0.15, 0.2) is 5.11 Å². The lowest BCUT2D eigenvalue weighted by Crippen LogP contribution is -2.41. The van der Waals surface area contributed by atoms with Gasteiger partial charge in [0, 0.05) is 25.8 Å². The topological polar surface area (TPSA) is 57.4 Å². The molecule has 0 saturated heterocycles. The molecule has 0 unspecified atom stereocenters. The van der Waals surface area contributed by atoms with Crippen molar-refractivity contribution in [2.75, 3.05) is 20.3 Å². The molecule has 2 aromatic carbocycles. The average Bonchev–Trinajstić information content (AvgIpc) is 2.70. The van der Waals surface area contributed by atoms with Gasteiger partial charge >= 0.3 is 0 Å². The molecule has 0 aliphatic rings. The highest BCUT2D eigenvalue weighted by molar-refractivity contribution is 7.80. The van der Waals surface area contributed by atoms with E-state index in [0.717, 1.165) is 27.6 Å². The van der Waals surface area contributed by atoms with Crippen molar-refractivity contribution in [3.8, 4) is 0 Å². The summed E-state index contributed by atoms with van der Waals surface area (Å²) in [5, 5.41) is 4.65. The van der Waals surface area contributed by atoms with Crippen molar-refractivity contribution >= 4 is 28.2 Å². The number of nitrogens with one attached hydrogen (secondary N) is 2. The van der Waals surface area contributed by atoms with Crippen LogP contribution in [-0.4, -0.2) is 35.3 Å². The normalized spacial score (nSPS) is 10.9. The molecule has 3 aromatic rings. The minimum absolute atomic E-state index is 0.141. The number of pyridine rings is 1. The van der Waals surface area contributed by atoms with Crippen molar-refractivity contribution in [2.45, 2.75) is 26.9 Å². The molecule has 5 nitrogen and oxygen atoms in total. The van der Waals surface area contributed by atoms with E-state index < -0.39 is 0 Å². The van der Waals surface area contributed by atoms with Crippen LogP contribution in [0.2, 0.25) is 0 Å². The molecule has 1 aromatic heterocycles. The van der Waals surface area contributed by atoms with Crippen LogP contribution >= 0.6 is 12.2 Å². The first kappa shape index (κ1) is 21.9. The smallest absolute Gasteiger partial charge is 0.253 e. The van der Waals surface area contributed by atoms with Crippen LogP contribution in [0.1, 0.15) is 22.3 Å². The standard InChI is InChI=1S/C23H26FN3O2S/c1-15-10-16(2)21-18(11-15)12-19(22(28)26-21)14-27(23(30)25-8-9-29-3)13-17-4-6-20(24)7-5-17/h4-7,10-12H,8-9,13-14H2,1-3H3,(H,25,30)(H,26,28). The molecule has 158 valence electrons.